The summed E-state index contributed by atoms with van der Waals surface area (Å²) >= 11 is 0. The van der Waals surface area contributed by atoms with Crippen LogP contribution in [-0.4, -0.2) is 55.1 Å². The number of amides is 2. The number of hydrogen-bond acceptors (Lipinski definition) is 3. The second kappa shape index (κ2) is 7.95. The number of benzene rings is 1. The van der Waals surface area contributed by atoms with Crippen LogP contribution in [0.15, 0.2) is 24.3 Å². The number of nitrogens with two attached hydrogens (primary N) is 1. The quantitative estimate of drug-likeness (QED) is 0.813. The highest BCUT2D eigenvalue weighted by molar-refractivity contribution is 5.89. The molecule has 5 nitrogen and oxygen atoms in total. The van der Waals surface area contributed by atoms with Crippen LogP contribution in [0.4, 0.5) is 14.9 Å². The van der Waals surface area contributed by atoms with E-state index in [-0.39, 0.29) is 11.8 Å². The predicted molar refractivity (Wildman–Crippen MR) is 81.7 cm³/mol. The van der Waals surface area contributed by atoms with Gasteiger partial charge in [0, 0.05) is 31.9 Å². The largest absolute Gasteiger partial charge is 0.330 e. The minimum absolute atomic E-state index is 0.165. The molecule has 0 aliphatic carbocycles. The zero-order chi connectivity index (χ0) is 15.1. The van der Waals surface area contributed by atoms with Gasteiger partial charge in [-0.15, -0.1) is 0 Å². The zero-order valence-electron chi connectivity index (χ0n) is 12.2. The summed E-state index contributed by atoms with van der Waals surface area (Å²) < 4.78 is 13.1. The second-order valence-electron chi connectivity index (χ2n) is 5.26. The molecule has 1 aromatic rings. The molecule has 0 spiro atoms. The van der Waals surface area contributed by atoms with Gasteiger partial charge in [0.1, 0.15) is 5.82 Å². The number of unbranched alkanes of at least 4 members (excludes halogenated alkanes) is 1. The third-order valence-electron chi connectivity index (χ3n) is 3.66. The number of piperazine rings is 1. The molecule has 0 bridgehead atoms. The first-order chi connectivity index (χ1) is 10.2. The maximum absolute atomic E-state index is 13.1. The van der Waals surface area contributed by atoms with Crippen LogP contribution in [0.5, 0.6) is 0 Å². The lowest BCUT2D eigenvalue weighted by molar-refractivity contribution is 0.146. The molecule has 0 atom stereocenters. The molecule has 1 aromatic carbocycles. The van der Waals surface area contributed by atoms with Crippen LogP contribution in [0.2, 0.25) is 0 Å². The third kappa shape index (κ3) is 4.99. The van der Waals surface area contributed by atoms with Crippen molar-refractivity contribution in [2.24, 2.45) is 5.73 Å². The number of nitrogens with zero attached hydrogens (tertiary/aromatic N) is 2. The first-order valence-electron chi connectivity index (χ1n) is 7.43. The number of carbonyl (C=O) groups excluding carboxylic acids is 1. The van der Waals surface area contributed by atoms with Gasteiger partial charge in [-0.05, 0) is 44.1 Å². The van der Waals surface area contributed by atoms with Gasteiger partial charge < -0.3 is 16.0 Å². The van der Waals surface area contributed by atoms with Crippen molar-refractivity contribution in [2.45, 2.75) is 12.8 Å². The van der Waals surface area contributed by atoms with E-state index < -0.39 is 0 Å². The fourth-order valence-electron chi connectivity index (χ4n) is 2.42. The number of nitrogens with one attached hydrogen (secondary N) is 1. The van der Waals surface area contributed by atoms with E-state index in [9.17, 15) is 9.18 Å². The van der Waals surface area contributed by atoms with Crippen LogP contribution >= 0.6 is 0 Å². The zero-order valence-corrected chi connectivity index (χ0v) is 12.2. The number of rotatable bonds is 5. The first-order valence-corrected chi connectivity index (χ1v) is 7.43. The van der Waals surface area contributed by atoms with Crippen molar-refractivity contribution in [3.05, 3.63) is 30.1 Å². The highest BCUT2D eigenvalue weighted by Crippen LogP contribution is 2.11. The van der Waals surface area contributed by atoms with Gasteiger partial charge in [-0.25, -0.2) is 9.18 Å². The molecular formula is C15H23FN4O. The Morgan fingerprint density at radius 3 is 2.67 bits per heavy atom. The van der Waals surface area contributed by atoms with Gasteiger partial charge in [0.25, 0.3) is 0 Å². The van der Waals surface area contributed by atoms with Crippen molar-refractivity contribution in [1.82, 2.24) is 9.80 Å². The molecule has 1 aliphatic heterocycles. The van der Waals surface area contributed by atoms with E-state index >= 15 is 0 Å². The van der Waals surface area contributed by atoms with Crippen molar-refractivity contribution in [3.63, 3.8) is 0 Å². The third-order valence-corrected chi connectivity index (χ3v) is 3.66. The van der Waals surface area contributed by atoms with Crippen molar-refractivity contribution in [2.75, 3.05) is 44.6 Å². The van der Waals surface area contributed by atoms with E-state index in [1.54, 1.807) is 17.0 Å². The molecule has 1 saturated heterocycles. The van der Waals surface area contributed by atoms with Crippen LogP contribution in [0.3, 0.4) is 0 Å². The maximum atomic E-state index is 13.1. The Hall–Kier alpha value is -1.66. The Morgan fingerprint density at radius 1 is 1.24 bits per heavy atom. The van der Waals surface area contributed by atoms with E-state index in [4.69, 9.17) is 5.73 Å². The van der Waals surface area contributed by atoms with Crippen molar-refractivity contribution < 1.29 is 9.18 Å². The average Bonchev–Trinajstić information content (AvgIpc) is 2.48. The molecule has 1 heterocycles. The van der Waals surface area contributed by atoms with E-state index in [1.807, 2.05) is 0 Å². The molecule has 21 heavy (non-hydrogen) atoms. The molecule has 0 saturated carbocycles. The summed E-state index contributed by atoms with van der Waals surface area (Å²) in [6.07, 6.45) is 2.15. The predicted octanol–water partition coefficient (Wildman–Crippen LogP) is 1.71. The summed E-state index contributed by atoms with van der Waals surface area (Å²) in [7, 11) is 0. The lowest BCUT2D eigenvalue weighted by Gasteiger charge is -2.34. The Morgan fingerprint density at radius 2 is 2.00 bits per heavy atom. The van der Waals surface area contributed by atoms with Crippen molar-refractivity contribution >= 4 is 11.7 Å². The minimum atomic E-state index is -0.350. The molecule has 0 radical (unpaired) electrons. The van der Waals surface area contributed by atoms with E-state index in [0.29, 0.717) is 18.8 Å². The molecule has 2 amide bonds. The van der Waals surface area contributed by atoms with Crippen LogP contribution in [0, 0.1) is 5.82 Å². The smallest absolute Gasteiger partial charge is 0.321 e. The summed E-state index contributed by atoms with van der Waals surface area (Å²) in [5.74, 6) is -0.350. The number of anilines is 1. The monoisotopic (exact) mass is 294 g/mol. The van der Waals surface area contributed by atoms with Crippen molar-refractivity contribution in [1.29, 1.82) is 0 Å². The number of carbonyl (C=O) groups is 1. The number of urea groups is 1. The molecule has 1 fully saturated rings. The number of hydrogen-bond donors (Lipinski definition) is 2. The van der Waals surface area contributed by atoms with E-state index in [0.717, 1.165) is 39.0 Å². The number of halogens is 1. The highest BCUT2D eigenvalue weighted by atomic mass is 19.1. The van der Waals surface area contributed by atoms with E-state index in [2.05, 4.69) is 10.2 Å². The summed E-state index contributed by atoms with van der Waals surface area (Å²) in [5, 5.41) is 2.73. The fraction of sp³-hybridized carbons (Fsp3) is 0.533. The standard InChI is InChI=1S/C15H23FN4O/c16-13-4-3-5-14(12-13)18-15(21)20-10-8-19(9-11-20)7-2-1-6-17/h3-5,12H,1-2,6-11,17H2,(H,18,21). The van der Waals surface area contributed by atoms with Gasteiger partial charge >= 0.3 is 6.03 Å². The maximum Gasteiger partial charge on any atom is 0.321 e. The Labute approximate surface area is 124 Å². The van der Waals surface area contributed by atoms with Gasteiger partial charge in [0.15, 0.2) is 0 Å². The fourth-order valence-corrected chi connectivity index (χ4v) is 2.42. The van der Waals surface area contributed by atoms with Gasteiger partial charge in [-0.2, -0.15) is 0 Å². The van der Waals surface area contributed by atoms with Gasteiger partial charge in [-0.1, -0.05) is 6.07 Å². The van der Waals surface area contributed by atoms with Gasteiger partial charge in [0.2, 0.25) is 0 Å². The molecule has 0 aromatic heterocycles. The summed E-state index contributed by atoms with van der Waals surface area (Å²) in [6, 6.07) is 5.78. The molecule has 6 heteroatoms. The SMILES string of the molecule is NCCCCN1CCN(C(=O)Nc2cccc(F)c2)CC1. The molecule has 1 aliphatic rings. The van der Waals surface area contributed by atoms with E-state index in [1.165, 1.54) is 12.1 Å². The molecule has 3 N–H and O–H groups in total. The van der Waals surface area contributed by atoms with Gasteiger partial charge in [-0.3, -0.25) is 4.90 Å². The first kappa shape index (κ1) is 15.7. The topological polar surface area (TPSA) is 61.6 Å². The Bertz CT molecular complexity index is 461. The Kier molecular flexibility index (Phi) is 5.95. The lowest BCUT2D eigenvalue weighted by atomic mass is 10.2. The lowest BCUT2D eigenvalue weighted by Crippen LogP contribution is -2.50. The molecule has 2 rings (SSSR count). The second-order valence-corrected chi connectivity index (χ2v) is 5.26. The summed E-state index contributed by atoms with van der Waals surface area (Å²) in [5.41, 5.74) is 5.97. The van der Waals surface area contributed by atoms with Crippen LogP contribution in [0.1, 0.15) is 12.8 Å². The van der Waals surface area contributed by atoms with Gasteiger partial charge in [0.05, 0.1) is 0 Å². The molecular weight excluding hydrogens is 271 g/mol. The minimum Gasteiger partial charge on any atom is -0.330 e. The molecule has 0 unspecified atom stereocenters. The summed E-state index contributed by atoms with van der Waals surface area (Å²) in [6.45, 7) is 4.92. The average molecular weight is 294 g/mol. The van der Waals surface area contributed by atoms with Crippen LogP contribution in [-0.2, 0) is 0 Å². The Balaban J connectivity index is 1.75. The highest BCUT2D eigenvalue weighted by Gasteiger charge is 2.20. The van der Waals surface area contributed by atoms with Crippen molar-refractivity contribution in [3.8, 4) is 0 Å². The molecule has 116 valence electrons. The summed E-state index contributed by atoms with van der Waals surface area (Å²) in [4.78, 5) is 16.2. The van der Waals surface area contributed by atoms with Crippen LogP contribution in [0.25, 0.3) is 0 Å². The van der Waals surface area contributed by atoms with Crippen LogP contribution < -0.4 is 11.1 Å². The normalized spacial score (nSPS) is 16.0.